The molecule has 0 heterocycles. The molecule has 0 aliphatic heterocycles. The van der Waals surface area contributed by atoms with Gasteiger partial charge in [0.25, 0.3) is 0 Å². The van der Waals surface area contributed by atoms with Crippen LogP contribution < -0.4 is 0 Å². The zero-order valence-corrected chi connectivity index (χ0v) is 4.12. The van der Waals surface area contributed by atoms with Crippen molar-refractivity contribution in [3.63, 3.8) is 0 Å². The normalized spacial score (nSPS) is 6.57. The molecule has 0 saturated carbocycles. The highest BCUT2D eigenvalue weighted by molar-refractivity contribution is 5.75. The van der Waals surface area contributed by atoms with Crippen LogP contribution in [0.4, 0.5) is 0 Å². The Labute approximate surface area is 48.4 Å². The summed E-state index contributed by atoms with van der Waals surface area (Å²) in [6.45, 7) is 4.08. The highest BCUT2D eigenvalue weighted by Crippen LogP contribution is 1.70. The Balaban J connectivity index is 0. The molecule has 0 aliphatic rings. The van der Waals surface area contributed by atoms with Gasteiger partial charge in [-0.2, -0.15) is 0 Å². The van der Waals surface area contributed by atoms with Crippen molar-refractivity contribution in [1.29, 1.82) is 5.41 Å². The molecule has 7 heavy (non-hydrogen) atoms. The quantitative estimate of drug-likeness (QED) is 0.283. The van der Waals surface area contributed by atoms with Gasteiger partial charge in [-0.25, -0.2) is 0 Å². The number of hydrogen-bond donors (Lipinski definition) is 1. The van der Waals surface area contributed by atoms with Gasteiger partial charge in [-0.1, -0.05) is 0 Å². The molecule has 2 nitrogen and oxygen atoms in total. The molecule has 1 N–H and O–H groups in total. The summed E-state index contributed by atoms with van der Waals surface area (Å²) in [7, 11) is 0. The first-order valence-electron chi connectivity index (χ1n) is 1.95. The Kier molecular flexibility index (Phi) is 8.00. The van der Waals surface area contributed by atoms with Crippen LogP contribution in [0.5, 0.6) is 0 Å². The lowest BCUT2D eigenvalue weighted by molar-refractivity contribution is 0.321. The number of nitrogens with one attached hydrogen (secondary N) is 1. The molecule has 44 valence electrons. The van der Waals surface area contributed by atoms with Crippen molar-refractivity contribution in [2.24, 2.45) is 0 Å². The van der Waals surface area contributed by atoms with E-state index in [9.17, 15) is 0 Å². The first kappa shape index (κ1) is 9.84. The molecular formula is C4H13NOSi. The zero-order chi connectivity index (χ0) is 4.99. The Morgan fingerprint density at radius 3 is 2.14 bits per heavy atom. The molecule has 0 aliphatic carbocycles. The zero-order valence-electron chi connectivity index (χ0n) is 4.12. The third-order valence-corrected chi connectivity index (χ3v) is 0.361. The molecular weight excluding hydrogens is 106 g/mol. The SMILES string of the molecule is CCOC(C)=N.[SiH4]. The van der Waals surface area contributed by atoms with Crippen LogP contribution in [-0.4, -0.2) is 23.5 Å². The maximum atomic E-state index is 6.67. The van der Waals surface area contributed by atoms with Crippen LogP contribution in [0.2, 0.25) is 0 Å². The molecule has 0 bridgehead atoms. The second-order valence-corrected chi connectivity index (χ2v) is 0.989. The standard InChI is InChI=1S/C4H9NO.H4Si/c1-3-6-4(2)5;/h5H,3H2,1-2H3;1H4. The summed E-state index contributed by atoms with van der Waals surface area (Å²) in [5.41, 5.74) is 0. The van der Waals surface area contributed by atoms with Crippen LogP contribution in [0.15, 0.2) is 0 Å². The van der Waals surface area contributed by atoms with E-state index in [0.29, 0.717) is 6.61 Å². The van der Waals surface area contributed by atoms with E-state index in [1.807, 2.05) is 6.92 Å². The molecule has 0 fully saturated rings. The third-order valence-electron chi connectivity index (χ3n) is 0.361. The summed E-state index contributed by atoms with van der Waals surface area (Å²) in [6.07, 6.45) is 0. The van der Waals surface area contributed by atoms with Crippen LogP contribution >= 0.6 is 0 Å². The van der Waals surface area contributed by atoms with E-state index in [-0.39, 0.29) is 16.9 Å². The highest BCUT2D eigenvalue weighted by Gasteiger charge is 1.75. The first-order valence-corrected chi connectivity index (χ1v) is 1.95. The van der Waals surface area contributed by atoms with Gasteiger partial charge in [0.05, 0.1) is 6.61 Å². The second-order valence-electron chi connectivity index (χ2n) is 0.989. The summed E-state index contributed by atoms with van der Waals surface area (Å²) >= 11 is 0. The molecule has 0 spiro atoms. The topological polar surface area (TPSA) is 33.1 Å². The average molecular weight is 119 g/mol. The van der Waals surface area contributed by atoms with E-state index in [4.69, 9.17) is 5.41 Å². The van der Waals surface area contributed by atoms with E-state index < -0.39 is 0 Å². The lowest BCUT2D eigenvalue weighted by Crippen LogP contribution is -1.94. The smallest absolute Gasteiger partial charge is 0.177 e. The molecule has 0 atom stereocenters. The summed E-state index contributed by atoms with van der Waals surface area (Å²) in [5, 5.41) is 6.67. The van der Waals surface area contributed by atoms with Gasteiger partial charge in [-0.3, -0.25) is 5.41 Å². The Hall–Kier alpha value is -0.313. The molecule has 0 radical (unpaired) electrons. The van der Waals surface area contributed by atoms with Gasteiger partial charge in [-0.15, -0.1) is 0 Å². The van der Waals surface area contributed by atoms with E-state index in [2.05, 4.69) is 4.74 Å². The van der Waals surface area contributed by atoms with Crippen LogP contribution in [0, 0.1) is 5.41 Å². The number of rotatable bonds is 1. The van der Waals surface area contributed by atoms with Crippen LogP contribution in [0.25, 0.3) is 0 Å². The highest BCUT2D eigenvalue weighted by atomic mass is 28.1. The van der Waals surface area contributed by atoms with E-state index in [1.54, 1.807) is 6.92 Å². The monoisotopic (exact) mass is 119 g/mol. The summed E-state index contributed by atoms with van der Waals surface area (Å²) in [4.78, 5) is 0. The predicted octanol–water partition coefficient (Wildman–Crippen LogP) is -0.432. The second kappa shape index (κ2) is 5.69. The van der Waals surface area contributed by atoms with E-state index in [0.717, 1.165) is 0 Å². The minimum Gasteiger partial charge on any atom is -0.482 e. The van der Waals surface area contributed by atoms with E-state index in [1.165, 1.54) is 0 Å². The average Bonchev–Trinajstić information content (AvgIpc) is 1.35. The van der Waals surface area contributed by atoms with Gasteiger partial charge in [0.15, 0.2) is 5.90 Å². The third kappa shape index (κ3) is 10.7. The van der Waals surface area contributed by atoms with Crippen molar-refractivity contribution in [2.75, 3.05) is 6.61 Å². The minimum atomic E-state index is 0. The number of hydrogen-bond acceptors (Lipinski definition) is 2. The van der Waals surface area contributed by atoms with Gasteiger partial charge >= 0.3 is 0 Å². The molecule has 0 aromatic carbocycles. The van der Waals surface area contributed by atoms with Crippen molar-refractivity contribution >= 4 is 16.9 Å². The molecule has 0 aromatic rings. The largest absolute Gasteiger partial charge is 0.482 e. The minimum absolute atomic E-state index is 0. The molecule has 0 unspecified atom stereocenters. The van der Waals surface area contributed by atoms with Crippen LogP contribution in [0.1, 0.15) is 13.8 Å². The van der Waals surface area contributed by atoms with Crippen molar-refractivity contribution in [3.05, 3.63) is 0 Å². The molecule has 0 aromatic heterocycles. The maximum Gasteiger partial charge on any atom is 0.177 e. The fraction of sp³-hybridized carbons (Fsp3) is 0.750. The van der Waals surface area contributed by atoms with Crippen molar-refractivity contribution < 1.29 is 4.74 Å². The fourth-order valence-electron chi connectivity index (χ4n) is 0.217. The lowest BCUT2D eigenvalue weighted by atomic mass is 10.7. The first-order chi connectivity index (χ1) is 2.77. The maximum absolute atomic E-state index is 6.67. The van der Waals surface area contributed by atoms with Gasteiger partial charge in [0, 0.05) is 6.92 Å². The van der Waals surface area contributed by atoms with Gasteiger partial charge < -0.3 is 4.74 Å². The van der Waals surface area contributed by atoms with Crippen LogP contribution in [-0.2, 0) is 4.74 Å². The Morgan fingerprint density at radius 2 is 2.14 bits per heavy atom. The molecule has 0 amide bonds. The number of ether oxygens (including phenoxy) is 1. The fourth-order valence-corrected chi connectivity index (χ4v) is 0.217. The summed E-state index contributed by atoms with van der Waals surface area (Å²) in [5.74, 6) is 0.289. The molecule has 0 rings (SSSR count). The molecule has 0 saturated heterocycles. The Bertz CT molecular complexity index is 55.7. The summed E-state index contributed by atoms with van der Waals surface area (Å²) in [6, 6.07) is 0. The summed E-state index contributed by atoms with van der Waals surface area (Å²) < 4.78 is 4.62. The van der Waals surface area contributed by atoms with Gasteiger partial charge in [-0.05, 0) is 17.9 Å². The van der Waals surface area contributed by atoms with Gasteiger partial charge in [0.2, 0.25) is 0 Å². The predicted molar refractivity (Wildman–Crippen MR) is 36.4 cm³/mol. The van der Waals surface area contributed by atoms with Crippen molar-refractivity contribution in [1.82, 2.24) is 0 Å². The van der Waals surface area contributed by atoms with Crippen molar-refractivity contribution in [2.45, 2.75) is 13.8 Å². The molecule has 3 heteroatoms. The van der Waals surface area contributed by atoms with Crippen LogP contribution in [0.3, 0.4) is 0 Å². The van der Waals surface area contributed by atoms with E-state index >= 15 is 0 Å². The lowest BCUT2D eigenvalue weighted by Gasteiger charge is -1.93. The Morgan fingerprint density at radius 1 is 1.71 bits per heavy atom. The van der Waals surface area contributed by atoms with Crippen molar-refractivity contribution in [3.8, 4) is 0 Å². The van der Waals surface area contributed by atoms with Gasteiger partial charge in [0.1, 0.15) is 0 Å².